The quantitative estimate of drug-likeness (QED) is 0.528. The van der Waals surface area contributed by atoms with Gasteiger partial charge in [-0.3, -0.25) is 13.9 Å². The Morgan fingerprint density at radius 1 is 1.03 bits per heavy atom. The van der Waals surface area contributed by atoms with Crippen molar-refractivity contribution in [3.05, 3.63) is 87.0 Å². The number of nitrogens with zero attached hydrogens (tertiary/aromatic N) is 5. The van der Waals surface area contributed by atoms with Crippen LogP contribution < -0.4 is 11.2 Å². The van der Waals surface area contributed by atoms with E-state index in [1.54, 1.807) is 10.9 Å². The van der Waals surface area contributed by atoms with E-state index in [4.69, 9.17) is 0 Å². The average molecular weight is 401 g/mol. The second-order valence-corrected chi connectivity index (χ2v) is 6.43. The summed E-state index contributed by atoms with van der Waals surface area (Å²) in [4.78, 5) is 28.8. The summed E-state index contributed by atoms with van der Waals surface area (Å²) in [7, 11) is 1.28. The van der Waals surface area contributed by atoms with Crippen LogP contribution in [0.25, 0.3) is 16.7 Å². The zero-order chi connectivity index (χ0) is 20.8. The smallest absolute Gasteiger partial charge is 0.280 e. The molecule has 0 aliphatic carbocycles. The maximum absolute atomic E-state index is 12.9. The molecule has 1 aromatic carbocycles. The molecule has 29 heavy (non-hydrogen) atoms. The molecule has 0 saturated carbocycles. The molecule has 0 saturated heterocycles. The van der Waals surface area contributed by atoms with Gasteiger partial charge in [-0.05, 0) is 24.3 Å². The SMILES string of the molecule is Cn1c(=O)n(Cc2cnn(-c3ccccc3)c2)c(=O)c2ccc(C(F)(F)F)nc21. The number of halogens is 3. The van der Waals surface area contributed by atoms with Gasteiger partial charge in [-0.1, -0.05) is 18.2 Å². The number of aryl methyl sites for hydroxylation is 1. The van der Waals surface area contributed by atoms with Crippen molar-refractivity contribution in [3.63, 3.8) is 0 Å². The lowest BCUT2D eigenvalue weighted by Gasteiger charge is -2.11. The molecule has 0 bridgehead atoms. The number of benzene rings is 1. The van der Waals surface area contributed by atoms with Crippen LogP contribution in [0.4, 0.5) is 13.2 Å². The molecular weight excluding hydrogens is 387 g/mol. The normalized spacial score (nSPS) is 11.9. The van der Waals surface area contributed by atoms with E-state index in [9.17, 15) is 22.8 Å². The fourth-order valence-electron chi connectivity index (χ4n) is 3.02. The van der Waals surface area contributed by atoms with Crippen molar-refractivity contribution in [2.24, 2.45) is 7.05 Å². The Bertz CT molecular complexity index is 1320. The molecule has 10 heteroatoms. The zero-order valence-electron chi connectivity index (χ0n) is 15.1. The molecular formula is C19H14F3N5O2. The number of hydrogen-bond donors (Lipinski definition) is 0. The van der Waals surface area contributed by atoms with E-state index in [-0.39, 0.29) is 17.6 Å². The third-order valence-electron chi connectivity index (χ3n) is 4.47. The molecule has 0 atom stereocenters. The summed E-state index contributed by atoms with van der Waals surface area (Å²) < 4.78 is 42.2. The van der Waals surface area contributed by atoms with Gasteiger partial charge in [0.25, 0.3) is 5.56 Å². The molecule has 3 heterocycles. The topological polar surface area (TPSA) is 74.7 Å². The van der Waals surface area contributed by atoms with Crippen molar-refractivity contribution in [3.8, 4) is 5.69 Å². The Kier molecular flexibility index (Phi) is 4.33. The molecule has 0 unspecified atom stereocenters. The van der Waals surface area contributed by atoms with Gasteiger partial charge in [0, 0.05) is 18.8 Å². The van der Waals surface area contributed by atoms with Crippen LogP contribution in [-0.4, -0.2) is 23.9 Å². The molecule has 0 amide bonds. The average Bonchev–Trinajstić information content (AvgIpc) is 3.18. The molecule has 0 aliphatic heterocycles. The molecule has 148 valence electrons. The first-order valence-electron chi connectivity index (χ1n) is 8.52. The van der Waals surface area contributed by atoms with E-state index in [0.717, 1.165) is 27.0 Å². The van der Waals surface area contributed by atoms with Crippen molar-refractivity contribution in [2.75, 3.05) is 0 Å². The lowest BCUT2D eigenvalue weighted by Crippen LogP contribution is -2.39. The Hall–Kier alpha value is -3.69. The third-order valence-corrected chi connectivity index (χ3v) is 4.47. The number of aromatic nitrogens is 5. The van der Waals surface area contributed by atoms with Crippen LogP contribution >= 0.6 is 0 Å². The second kappa shape index (κ2) is 6.73. The minimum atomic E-state index is -4.68. The van der Waals surface area contributed by atoms with Gasteiger partial charge in [-0.25, -0.2) is 14.5 Å². The fourth-order valence-corrected chi connectivity index (χ4v) is 3.02. The van der Waals surface area contributed by atoms with Crippen LogP contribution in [0.15, 0.2) is 64.4 Å². The summed E-state index contributed by atoms with van der Waals surface area (Å²) in [5.41, 5.74) is -1.56. The molecule has 0 N–H and O–H groups in total. The van der Waals surface area contributed by atoms with Gasteiger partial charge in [0.15, 0.2) is 0 Å². The second-order valence-electron chi connectivity index (χ2n) is 6.43. The van der Waals surface area contributed by atoms with Crippen LogP contribution in [-0.2, 0) is 19.8 Å². The Morgan fingerprint density at radius 2 is 1.76 bits per heavy atom. The maximum Gasteiger partial charge on any atom is 0.433 e. The highest BCUT2D eigenvalue weighted by Crippen LogP contribution is 2.28. The summed E-state index contributed by atoms with van der Waals surface area (Å²) in [6, 6.07) is 11.0. The summed E-state index contributed by atoms with van der Waals surface area (Å²) in [6.07, 6.45) is -1.48. The minimum Gasteiger partial charge on any atom is -0.280 e. The van der Waals surface area contributed by atoms with Gasteiger partial charge >= 0.3 is 11.9 Å². The molecule has 0 radical (unpaired) electrons. The summed E-state index contributed by atoms with van der Waals surface area (Å²) in [5.74, 6) is 0. The van der Waals surface area contributed by atoms with Crippen LogP contribution in [0.2, 0.25) is 0 Å². The van der Waals surface area contributed by atoms with E-state index in [1.165, 1.54) is 13.2 Å². The Morgan fingerprint density at radius 3 is 2.45 bits per heavy atom. The highest BCUT2D eigenvalue weighted by Gasteiger charge is 2.33. The minimum absolute atomic E-state index is 0.0736. The zero-order valence-corrected chi connectivity index (χ0v) is 15.1. The van der Waals surface area contributed by atoms with E-state index < -0.39 is 23.1 Å². The highest BCUT2D eigenvalue weighted by molar-refractivity contribution is 5.74. The molecule has 3 aromatic heterocycles. The summed E-state index contributed by atoms with van der Waals surface area (Å²) >= 11 is 0. The number of hydrogen-bond acceptors (Lipinski definition) is 4. The van der Waals surface area contributed by atoms with Gasteiger partial charge < -0.3 is 0 Å². The van der Waals surface area contributed by atoms with Gasteiger partial charge in [0.2, 0.25) is 0 Å². The number of pyridine rings is 1. The van der Waals surface area contributed by atoms with E-state index in [2.05, 4.69) is 10.1 Å². The number of rotatable bonds is 3. The van der Waals surface area contributed by atoms with Gasteiger partial charge in [0.1, 0.15) is 11.3 Å². The molecule has 0 aliphatic rings. The summed E-state index contributed by atoms with van der Waals surface area (Å²) in [5, 5.41) is 4.15. The predicted octanol–water partition coefficient (Wildman–Crippen LogP) is 2.35. The van der Waals surface area contributed by atoms with E-state index >= 15 is 0 Å². The first-order chi connectivity index (χ1) is 13.8. The lowest BCUT2D eigenvalue weighted by atomic mass is 10.2. The van der Waals surface area contributed by atoms with Crippen molar-refractivity contribution >= 4 is 11.0 Å². The standard InChI is InChI=1S/C19H14F3N5O2/c1-25-16-14(7-8-15(24-16)19(20,21)22)17(28)26(18(25)29)10-12-9-23-27(11-12)13-5-3-2-4-6-13/h2-9,11H,10H2,1H3. The van der Waals surface area contributed by atoms with Crippen LogP contribution in [0.5, 0.6) is 0 Å². The number of fused-ring (bicyclic) bond motifs is 1. The highest BCUT2D eigenvalue weighted by atomic mass is 19.4. The van der Waals surface area contributed by atoms with E-state index in [1.807, 2.05) is 30.3 Å². The van der Waals surface area contributed by atoms with Crippen molar-refractivity contribution in [1.82, 2.24) is 23.9 Å². The third kappa shape index (κ3) is 3.33. The first kappa shape index (κ1) is 18.7. The Labute approximate surface area is 161 Å². The maximum atomic E-state index is 12.9. The first-order valence-corrected chi connectivity index (χ1v) is 8.52. The monoisotopic (exact) mass is 401 g/mol. The van der Waals surface area contributed by atoms with Crippen molar-refractivity contribution < 1.29 is 13.2 Å². The van der Waals surface area contributed by atoms with E-state index in [0.29, 0.717) is 5.56 Å². The van der Waals surface area contributed by atoms with Crippen LogP contribution in [0, 0.1) is 0 Å². The predicted molar refractivity (Wildman–Crippen MR) is 98.9 cm³/mol. The number of alkyl halides is 3. The van der Waals surface area contributed by atoms with Crippen molar-refractivity contribution in [1.29, 1.82) is 0 Å². The van der Waals surface area contributed by atoms with Crippen LogP contribution in [0.3, 0.4) is 0 Å². The molecule has 7 nitrogen and oxygen atoms in total. The molecule has 0 fully saturated rings. The molecule has 4 aromatic rings. The largest absolute Gasteiger partial charge is 0.433 e. The lowest BCUT2D eigenvalue weighted by molar-refractivity contribution is -0.141. The molecule has 0 spiro atoms. The fraction of sp³-hybridized carbons (Fsp3) is 0.158. The summed E-state index contributed by atoms with van der Waals surface area (Å²) in [6.45, 7) is -0.0741. The molecule has 4 rings (SSSR count). The van der Waals surface area contributed by atoms with Gasteiger partial charge in [-0.2, -0.15) is 18.3 Å². The van der Waals surface area contributed by atoms with Gasteiger partial charge in [0.05, 0.1) is 23.8 Å². The van der Waals surface area contributed by atoms with Crippen molar-refractivity contribution in [2.45, 2.75) is 12.7 Å². The van der Waals surface area contributed by atoms with Gasteiger partial charge in [-0.15, -0.1) is 0 Å². The number of para-hydroxylation sites is 1. The van der Waals surface area contributed by atoms with Crippen LogP contribution in [0.1, 0.15) is 11.3 Å². The Balaban J connectivity index is 1.78.